The summed E-state index contributed by atoms with van der Waals surface area (Å²) in [5.41, 5.74) is -0.497. The van der Waals surface area contributed by atoms with Crippen LogP contribution in [0.1, 0.15) is 13.3 Å². The molecule has 0 aliphatic heterocycles. The van der Waals surface area contributed by atoms with E-state index >= 15 is 0 Å². The van der Waals surface area contributed by atoms with Crippen molar-refractivity contribution >= 4 is 59.0 Å². The van der Waals surface area contributed by atoms with E-state index in [-0.39, 0.29) is 29.1 Å². The topological polar surface area (TPSA) is 65.4 Å². The van der Waals surface area contributed by atoms with E-state index in [2.05, 4.69) is 18.7 Å². The second-order valence-corrected chi connectivity index (χ2v) is 9.93. The third-order valence-corrected chi connectivity index (χ3v) is 8.07. The Hall–Kier alpha value is -3.51. The van der Waals surface area contributed by atoms with Crippen molar-refractivity contribution in [3.8, 4) is 0 Å². The van der Waals surface area contributed by atoms with Gasteiger partial charge in [0.2, 0.25) is 0 Å². The first kappa shape index (κ1) is 20.1. The molecule has 2 aromatic heterocycles. The van der Waals surface area contributed by atoms with Crippen molar-refractivity contribution in [2.24, 2.45) is 11.8 Å². The molecule has 0 bridgehead atoms. The van der Waals surface area contributed by atoms with Gasteiger partial charge in [-0.1, -0.05) is 30.8 Å². The molecule has 0 radical (unpaired) electrons. The predicted molar refractivity (Wildman–Crippen MR) is 133 cm³/mol. The van der Waals surface area contributed by atoms with Crippen molar-refractivity contribution in [1.29, 1.82) is 0 Å². The monoisotopic (exact) mass is 455 g/mol. The number of carbonyl (C=O) groups is 1. The lowest BCUT2D eigenvalue weighted by atomic mass is 9.97. The maximum Gasteiger partial charge on any atom is 0.330 e. The second-order valence-electron chi connectivity index (χ2n) is 8.85. The summed E-state index contributed by atoms with van der Waals surface area (Å²) in [4.78, 5) is 38.4. The molecule has 0 saturated heterocycles. The van der Waals surface area contributed by atoms with E-state index in [1.807, 2.05) is 43.3 Å². The molecule has 0 amide bonds. The standard InChI is InChI=1S/C27H21NO4S/c1-3-23(29)32-14(2)20-12-15(20)13-28-26(30)18-9-8-17-16-6-4-5-7-21(16)33-22-11-10-19(27(28)31)24(18)25(17)22/h3-11,14-15,20H,1,12-13H2,2H3. The fourth-order valence-electron chi connectivity index (χ4n) is 5.18. The number of benzene rings is 3. The van der Waals surface area contributed by atoms with Gasteiger partial charge in [0.1, 0.15) is 6.10 Å². The summed E-state index contributed by atoms with van der Waals surface area (Å²) in [6.45, 7) is 5.61. The van der Waals surface area contributed by atoms with Gasteiger partial charge in [0.25, 0.3) is 11.1 Å². The zero-order valence-corrected chi connectivity index (χ0v) is 18.9. The Morgan fingerprint density at radius 1 is 1.03 bits per heavy atom. The molecule has 1 aliphatic rings. The Morgan fingerprint density at radius 3 is 2.48 bits per heavy atom. The molecular weight excluding hydrogens is 434 g/mol. The highest BCUT2D eigenvalue weighted by molar-refractivity contribution is 7.25. The fourth-order valence-corrected chi connectivity index (χ4v) is 6.31. The summed E-state index contributed by atoms with van der Waals surface area (Å²) < 4.78 is 8.94. The lowest BCUT2D eigenvalue weighted by molar-refractivity contribution is -0.143. The molecule has 6 rings (SSSR count). The first-order valence-corrected chi connectivity index (χ1v) is 11.9. The van der Waals surface area contributed by atoms with Gasteiger partial charge in [-0.2, -0.15) is 0 Å². The van der Waals surface area contributed by atoms with Crippen molar-refractivity contribution in [3.05, 3.63) is 81.9 Å². The lowest BCUT2D eigenvalue weighted by Gasteiger charge is -2.15. The van der Waals surface area contributed by atoms with E-state index in [1.165, 1.54) is 9.27 Å². The number of hydrogen-bond acceptors (Lipinski definition) is 5. The molecule has 1 fully saturated rings. The van der Waals surface area contributed by atoms with Gasteiger partial charge in [0.05, 0.1) is 0 Å². The fraction of sp³-hybridized carbons (Fsp3) is 0.222. The number of fused-ring (bicyclic) bond motifs is 2. The lowest BCUT2D eigenvalue weighted by Crippen LogP contribution is -2.34. The van der Waals surface area contributed by atoms with E-state index in [1.54, 1.807) is 11.3 Å². The van der Waals surface area contributed by atoms with Gasteiger partial charge >= 0.3 is 5.97 Å². The first-order chi connectivity index (χ1) is 16.0. The van der Waals surface area contributed by atoms with E-state index in [0.29, 0.717) is 17.3 Å². The highest BCUT2D eigenvalue weighted by Crippen LogP contribution is 2.44. The predicted octanol–water partition coefficient (Wildman–Crippen LogP) is 5.07. The number of esters is 1. The van der Waals surface area contributed by atoms with Gasteiger partial charge in [-0.15, -0.1) is 11.3 Å². The van der Waals surface area contributed by atoms with Crippen LogP contribution in [0.15, 0.2) is 70.8 Å². The van der Waals surface area contributed by atoms with Gasteiger partial charge < -0.3 is 4.74 Å². The summed E-state index contributed by atoms with van der Waals surface area (Å²) in [6.07, 6.45) is 1.69. The van der Waals surface area contributed by atoms with Crippen molar-refractivity contribution < 1.29 is 9.53 Å². The Labute approximate surface area is 192 Å². The Kier molecular flexibility index (Phi) is 4.42. The molecule has 5 nitrogen and oxygen atoms in total. The summed E-state index contributed by atoms with van der Waals surface area (Å²) in [5.74, 6) is -0.187. The SMILES string of the molecule is C=CC(=O)OC(C)C1CC1Cn1c(=O)c2ccc3sc4ccccc4c4ccc(c1=O)c2c34. The zero-order valence-electron chi connectivity index (χ0n) is 18.0. The molecule has 1 saturated carbocycles. The molecule has 0 spiro atoms. The molecule has 0 N–H and O–H groups in total. The third-order valence-electron chi connectivity index (χ3n) is 6.94. The van der Waals surface area contributed by atoms with Crippen LogP contribution >= 0.6 is 11.3 Å². The molecule has 1 aliphatic carbocycles. The number of carbonyl (C=O) groups excluding carboxylic acids is 1. The Balaban J connectivity index is 1.49. The van der Waals surface area contributed by atoms with E-state index < -0.39 is 5.97 Å². The highest BCUT2D eigenvalue weighted by Gasteiger charge is 2.43. The van der Waals surface area contributed by atoms with Gasteiger partial charge in [-0.05, 0) is 54.3 Å². The van der Waals surface area contributed by atoms with Crippen LogP contribution in [0.25, 0.3) is 41.7 Å². The van der Waals surface area contributed by atoms with Crippen LogP contribution < -0.4 is 11.1 Å². The maximum atomic E-state index is 13.5. The normalized spacial score (nSPS) is 18.8. The van der Waals surface area contributed by atoms with Crippen LogP contribution in [-0.4, -0.2) is 16.6 Å². The summed E-state index contributed by atoms with van der Waals surface area (Å²) in [6, 6.07) is 15.9. The second kappa shape index (κ2) is 7.25. The summed E-state index contributed by atoms with van der Waals surface area (Å²) >= 11 is 1.68. The van der Waals surface area contributed by atoms with Gasteiger partial charge in [0.15, 0.2) is 0 Å². The third kappa shape index (κ3) is 3.01. The molecular formula is C27H21NO4S. The van der Waals surface area contributed by atoms with Gasteiger partial charge in [0, 0.05) is 49.5 Å². The van der Waals surface area contributed by atoms with Crippen LogP contribution in [0.4, 0.5) is 0 Å². The number of ether oxygens (including phenoxy) is 1. The van der Waals surface area contributed by atoms with Crippen LogP contribution in [-0.2, 0) is 16.1 Å². The number of nitrogens with zero attached hydrogens (tertiary/aromatic N) is 1. The largest absolute Gasteiger partial charge is 0.459 e. The molecule has 3 atom stereocenters. The first-order valence-electron chi connectivity index (χ1n) is 11.0. The van der Waals surface area contributed by atoms with Crippen molar-refractivity contribution in [3.63, 3.8) is 0 Å². The zero-order chi connectivity index (χ0) is 22.9. The Morgan fingerprint density at radius 2 is 1.73 bits per heavy atom. The van der Waals surface area contributed by atoms with E-state index in [0.717, 1.165) is 38.7 Å². The summed E-state index contributed by atoms with van der Waals surface area (Å²) in [5, 5.41) is 5.10. The molecule has 33 heavy (non-hydrogen) atoms. The Bertz CT molecular complexity index is 1680. The number of aromatic nitrogens is 1. The van der Waals surface area contributed by atoms with Crippen molar-refractivity contribution in [1.82, 2.24) is 4.57 Å². The maximum absolute atomic E-state index is 13.5. The summed E-state index contributed by atoms with van der Waals surface area (Å²) in [7, 11) is 0. The average Bonchev–Trinajstić information content (AvgIpc) is 3.61. The molecule has 3 unspecified atom stereocenters. The van der Waals surface area contributed by atoms with Gasteiger partial charge in [-0.25, -0.2) is 4.79 Å². The molecule has 5 aromatic rings. The smallest absolute Gasteiger partial charge is 0.330 e. The van der Waals surface area contributed by atoms with Crippen LogP contribution in [0.2, 0.25) is 0 Å². The number of rotatable bonds is 5. The minimum atomic E-state index is -0.452. The number of hydrogen-bond donors (Lipinski definition) is 0. The van der Waals surface area contributed by atoms with E-state index in [9.17, 15) is 14.4 Å². The molecule has 6 heteroatoms. The van der Waals surface area contributed by atoms with Crippen LogP contribution in [0, 0.1) is 11.8 Å². The highest BCUT2D eigenvalue weighted by atomic mass is 32.1. The quantitative estimate of drug-likeness (QED) is 0.161. The van der Waals surface area contributed by atoms with E-state index in [4.69, 9.17) is 4.74 Å². The minimum Gasteiger partial charge on any atom is -0.459 e. The van der Waals surface area contributed by atoms with Crippen molar-refractivity contribution in [2.75, 3.05) is 0 Å². The van der Waals surface area contributed by atoms with Gasteiger partial charge in [-0.3, -0.25) is 14.2 Å². The average molecular weight is 456 g/mol. The minimum absolute atomic E-state index is 0.127. The van der Waals surface area contributed by atoms with Crippen LogP contribution in [0.3, 0.4) is 0 Å². The molecule has 164 valence electrons. The molecule has 2 heterocycles. The molecule has 3 aromatic carbocycles. The van der Waals surface area contributed by atoms with Crippen molar-refractivity contribution in [2.45, 2.75) is 26.0 Å². The van der Waals surface area contributed by atoms with Crippen LogP contribution in [0.5, 0.6) is 0 Å². The number of pyridine rings is 1.